The molecule has 0 atom stereocenters. The van der Waals surface area contributed by atoms with E-state index in [0.717, 1.165) is 30.5 Å². The monoisotopic (exact) mass is 473 g/mol. The first-order valence-corrected chi connectivity index (χ1v) is 11.9. The van der Waals surface area contributed by atoms with Crippen LogP contribution in [0.3, 0.4) is 0 Å². The quantitative estimate of drug-likeness (QED) is 0.628. The second-order valence-corrected chi connectivity index (χ2v) is 10.5. The van der Waals surface area contributed by atoms with Gasteiger partial charge in [-0.1, -0.05) is 20.8 Å². The van der Waals surface area contributed by atoms with E-state index >= 15 is 0 Å². The third kappa shape index (κ3) is 5.80. The topological polar surface area (TPSA) is 71.5 Å². The van der Waals surface area contributed by atoms with E-state index in [2.05, 4.69) is 25.8 Å². The van der Waals surface area contributed by atoms with Crippen molar-refractivity contribution in [1.29, 1.82) is 0 Å². The average molecular weight is 474 g/mol. The van der Waals surface area contributed by atoms with Crippen molar-refractivity contribution in [1.82, 2.24) is 19.9 Å². The lowest BCUT2D eigenvalue weighted by atomic mass is 9.99. The van der Waals surface area contributed by atoms with Crippen LogP contribution in [0.2, 0.25) is 0 Å². The number of ether oxygens (including phenoxy) is 1. The molecule has 34 heavy (non-hydrogen) atoms. The Kier molecular flexibility index (Phi) is 6.73. The van der Waals surface area contributed by atoms with Crippen LogP contribution in [0.1, 0.15) is 51.3 Å². The van der Waals surface area contributed by atoms with Crippen LogP contribution in [0.4, 0.5) is 14.6 Å². The zero-order chi connectivity index (χ0) is 24.5. The predicted molar refractivity (Wildman–Crippen MR) is 126 cm³/mol. The van der Waals surface area contributed by atoms with E-state index in [1.54, 1.807) is 6.20 Å². The largest absolute Gasteiger partial charge is 0.493 e. The summed E-state index contributed by atoms with van der Waals surface area (Å²) in [7, 11) is 1.82. The van der Waals surface area contributed by atoms with Gasteiger partial charge in [-0.3, -0.25) is 9.78 Å². The first kappa shape index (κ1) is 24.3. The summed E-state index contributed by atoms with van der Waals surface area (Å²) in [5, 5.41) is 0. The Bertz CT molecular complexity index is 1040. The van der Waals surface area contributed by atoms with Crippen LogP contribution in [0.5, 0.6) is 5.75 Å². The number of likely N-dealkylation sites (N-methyl/N-ethyl adjacent to an activating group) is 1. The number of carbonyl (C=O) groups is 1. The van der Waals surface area contributed by atoms with Gasteiger partial charge in [-0.05, 0) is 30.7 Å². The van der Waals surface area contributed by atoms with Crippen molar-refractivity contribution >= 4 is 11.7 Å². The van der Waals surface area contributed by atoms with Crippen LogP contribution in [0.25, 0.3) is 11.5 Å². The van der Waals surface area contributed by atoms with Crippen LogP contribution in [-0.4, -0.2) is 65.0 Å². The van der Waals surface area contributed by atoms with Gasteiger partial charge in [0.15, 0.2) is 5.82 Å². The number of fused-ring (bicyclic) bond motifs is 1. The second-order valence-electron chi connectivity index (χ2n) is 10.5. The van der Waals surface area contributed by atoms with E-state index in [9.17, 15) is 13.6 Å². The smallest absolute Gasteiger partial charge is 0.251 e. The van der Waals surface area contributed by atoms with Crippen LogP contribution in [0, 0.1) is 5.41 Å². The molecule has 2 aromatic heterocycles. The van der Waals surface area contributed by atoms with Crippen LogP contribution < -0.4 is 9.64 Å². The van der Waals surface area contributed by atoms with E-state index in [1.807, 2.05) is 24.1 Å². The minimum absolute atomic E-state index is 0.0280. The highest BCUT2D eigenvalue weighted by molar-refractivity contribution is 5.81. The molecule has 0 aromatic carbocycles. The number of piperidine rings is 1. The van der Waals surface area contributed by atoms with Gasteiger partial charge in [-0.25, -0.2) is 18.7 Å². The Hall–Kier alpha value is -2.84. The molecule has 0 N–H and O–H groups in total. The summed E-state index contributed by atoms with van der Waals surface area (Å²) < 4.78 is 32.9. The molecule has 1 fully saturated rings. The molecule has 9 heteroatoms. The van der Waals surface area contributed by atoms with Gasteiger partial charge < -0.3 is 14.5 Å². The van der Waals surface area contributed by atoms with E-state index < -0.39 is 5.92 Å². The number of rotatable bonds is 6. The molecule has 2 aromatic rings. The highest BCUT2D eigenvalue weighted by Gasteiger charge is 2.36. The standard InChI is InChI=1S/C25H33F2N5O2/c1-24(2,3)16-34-17-8-11-28-20(14-17)22-29-19-7-5-6-18(19)23(30-22)31(4)15-21(33)32-12-9-25(26,27)10-13-32/h8,11,14H,5-7,9-10,12-13,15-16H2,1-4H3. The zero-order valence-electron chi connectivity index (χ0n) is 20.4. The highest BCUT2D eigenvalue weighted by Crippen LogP contribution is 2.32. The Morgan fingerprint density at radius 2 is 1.94 bits per heavy atom. The second kappa shape index (κ2) is 9.43. The molecule has 7 nitrogen and oxygen atoms in total. The zero-order valence-corrected chi connectivity index (χ0v) is 20.4. The molecule has 1 amide bonds. The lowest BCUT2D eigenvalue weighted by molar-refractivity contribution is -0.135. The van der Waals surface area contributed by atoms with Crippen LogP contribution in [-0.2, 0) is 17.6 Å². The van der Waals surface area contributed by atoms with Crippen molar-refractivity contribution < 1.29 is 18.3 Å². The maximum atomic E-state index is 13.5. The number of carbonyl (C=O) groups excluding carboxylic acids is 1. The Morgan fingerprint density at radius 1 is 1.21 bits per heavy atom. The normalized spacial score (nSPS) is 17.4. The number of halogens is 2. The summed E-state index contributed by atoms with van der Waals surface area (Å²) in [5.74, 6) is -0.940. The van der Waals surface area contributed by atoms with Gasteiger partial charge in [0.05, 0.1) is 13.2 Å². The van der Waals surface area contributed by atoms with E-state index in [0.29, 0.717) is 29.7 Å². The summed E-state index contributed by atoms with van der Waals surface area (Å²) >= 11 is 0. The molecule has 3 heterocycles. The molecular weight excluding hydrogens is 440 g/mol. The van der Waals surface area contributed by atoms with E-state index in [-0.39, 0.29) is 43.8 Å². The van der Waals surface area contributed by atoms with Gasteiger partial charge in [-0.2, -0.15) is 0 Å². The van der Waals surface area contributed by atoms with Crippen molar-refractivity contribution in [2.45, 2.75) is 58.8 Å². The molecule has 1 saturated heterocycles. The predicted octanol–water partition coefficient (Wildman–Crippen LogP) is 4.15. The van der Waals surface area contributed by atoms with Gasteiger partial charge in [0.2, 0.25) is 5.91 Å². The first-order valence-electron chi connectivity index (χ1n) is 11.9. The summed E-state index contributed by atoms with van der Waals surface area (Å²) in [6.07, 6.45) is 3.79. The molecule has 2 aliphatic rings. The van der Waals surface area contributed by atoms with Crippen molar-refractivity contribution in [3.63, 3.8) is 0 Å². The number of hydrogen-bond acceptors (Lipinski definition) is 6. The Labute approximate surface area is 199 Å². The first-order chi connectivity index (χ1) is 16.0. The van der Waals surface area contributed by atoms with Crippen molar-refractivity contribution in [2.75, 3.05) is 38.2 Å². The molecular formula is C25H33F2N5O2. The number of anilines is 1. The van der Waals surface area contributed by atoms with Gasteiger partial charge in [0, 0.05) is 56.5 Å². The molecule has 0 saturated carbocycles. The highest BCUT2D eigenvalue weighted by atomic mass is 19.3. The van der Waals surface area contributed by atoms with E-state index in [4.69, 9.17) is 14.7 Å². The summed E-state index contributed by atoms with van der Waals surface area (Å²) in [4.78, 5) is 30.2. The fourth-order valence-electron chi connectivity index (χ4n) is 4.23. The SMILES string of the molecule is CN(CC(=O)N1CCC(F)(F)CC1)c1nc(-c2cc(OCC(C)(C)C)ccn2)nc2c1CCC2. The third-order valence-corrected chi connectivity index (χ3v) is 6.13. The number of nitrogens with zero attached hydrogens (tertiary/aromatic N) is 5. The number of alkyl halides is 2. The number of aromatic nitrogens is 3. The number of aryl methyl sites for hydroxylation is 1. The van der Waals surface area contributed by atoms with Gasteiger partial charge in [0.25, 0.3) is 5.92 Å². The maximum Gasteiger partial charge on any atom is 0.251 e. The maximum absolute atomic E-state index is 13.5. The molecule has 184 valence electrons. The van der Waals surface area contributed by atoms with Gasteiger partial charge in [0.1, 0.15) is 17.3 Å². The number of amides is 1. The molecule has 0 bridgehead atoms. The lowest BCUT2D eigenvalue weighted by Crippen LogP contribution is -2.46. The molecule has 0 unspecified atom stereocenters. The summed E-state index contributed by atoms with van der Waals surface area (Å²) in [6.45, 7) is 7.14. The van der Waals surface area contributed by atoms with Gasteiger partial charge in [-0.15, -0.1) is 0 Å². The van der Waals surface area contributed by atoms with Crippen molar-refractivity contribution in [3.8, 4) is 17.3 Å². The molecule has 4 rings (SSSR count). The van der Waals surface area contributed by atoms with Crippen LogP contribution in [0.15, 0.2) is 18.3 Å². The number of pyridine rings is 1. The van der Waals surface area contributed by atoms with Crippen molar-refractivity contribution in [3.05, 3.63) is 29.6 Å². The molecule has 0 radical (unpaired) electrons. The van der Waals surface area contributed by atoms with Gasteiger partial charge >= 0.3 is 0 Å². The van der Waals surface area contributed by atoms with Crippen molar-refractivity contribution in [2.24, 2.45) is 5.41 Å². The lowest BCUT2D eigenvalue weighted by Gasteiger charge is -2.33. The summed E-state index contributed by atoms with van der Waals surface area (Å²) in [6, 6.07) is 3.65. The number of hydrogen-bond donors (Lipinski definition) is 0. The van der Waals surface area contributed by atoms with E-state index in [1.165, 1.54) is 4.90 Å². The molecule has 0 spiro atoms. The Balaban J connectivity index is 1.54. The minimum Gasteiger partial charge on any atom is -0.493 e. The third-order valence-electron chi connectivity index (χ3n) is 6.13. The average Bonchev–Trinajstić information content (AvgIpc) is 3.25. The molecule has 1 aliphatic carbocycles. The fraction of sp³-hybridized carbons (Fsp3) is 0.600. The van der Waals surface area contributed by atoms with Crippen LogP contribution >= 0.6 is 0 Å². The fourth-order valence-corrected chi connectivity index (χ4v) is 4.23. The minimum atomic E-state index is -2.68. The Morgan fingerprint density at radius 3 is 2.65 bits per heavy atom. The summed E-state index contributed by atoms with van der Waals surface area (Å²) in [5.41, 5.74) is 2.66. The number of likely N-dealkylation sites (tertiary alicyclic amines) is 1. The molecule has 1 aliphatic heterocycles.